The first-order valence-corrected chi connectivity index (χ1v) is 10.3. The van der Waals surface area contributed by atoms with E-state index < -0.39 is 10.1 Å². The van der Waals surface area contributed by atoms with E-state index in [-0.39, 0.29) is 4.90 Å². The van der Waals surface area contributed by atoms with Gasteiger partial charge in [0.15, 0.2) is 0 Å². The molecule has 0 saturated carbocycles. The van der Waals surface area contributed by atoms with Gasteiger partial charge in [-0.25, -0.2) is 0 Å². The number of rotatable bonds is 9. The van der Waals surface area contributed by atoms with E-state index in [4.69, 9.17) is 4.55 Å². The molecule has 0 aliphatic carbocycles. The lowest BCUT2D eigenvalue weighted by molar-refractivity contribution is 0.321. The van der Waals surface area contributed by atoms with Crippen LogP contribution in [0.4, 0.5) is 5.69 Å². The van der Waals surface area contributed by atoms with Crippen molar-refractivity contribution in [3.05, 3.63) is 23.8 Å². The van der Waals surface area contributed by atoms with Gasteiger partial charge in [-0.2, -0.15) is 8.42 Å². The molecule has 0 atom stereocenters. The van der Waals surface area contributed by atoms with E-state index >= 15 is 0 Å². The SMILES string of the molecule is CCCCCNc1ccc(S(=O)(=O)O)cc1C.CCN(CC)CC. The number of nitrogens with zero attached hydrogens (tertiary/aromatic N) is 1. The van der Waals surface area contributed by atoms with Crippen LogP contribution in [0, 0.1) is 6.92 Å². The van der Waals surface area contributed by atoms with Crippen LogP contribution < -0.4 is 5.32 Å². The highest BCUT2D eigenvalue weighted by atomic mass is 32.2. The number of hydrogen-bond acceptors (Lipinski definition) is 4. The summed E-state index contributed by atoms with van der Waals surface area (Å²) in [5.74, 6) is 0. The van der Waals surface area contributed by atoms with Crippen LogP contribution >= 0.6 is 0 Å². The van der Waals surface area contributed by atoms with Crippen LogP contribution in [-0.2, 0) is 10.1 Å². The van der Waals surface area contributed by atoms with Crippen LogP contribution in [0.1, 0.15) is 52.5 Å². The van der Waals surface area contributed by atoms with E-state index in [1.54, 1.807) is 6.07 Å². The summed E-state index contributed by atoms with van der Waals surface area (Å²) in [5, 5.41) is 3.25. The molecule has 0 aliphatic heterocycles. The van der Waals surface area contributed by atoms with Crippen LogP contribution in [0.5, 0.6) is 0 Å². The van der Waals surface area contributed by atoms with Gasteiger partial charge in [0.25, 0.3) is 10.1 Å². The molecule has 0 radical (unpaired) electrons. The third kappa shape index (κ3) is 9.25. The van der Waals surface area contributed by atoms with Crippen molar-refractivity contribution in [3.63, 3.8) is 0 Å². The molecule has 0 bridgehead atoms. The van der Waals surface area contributed by atoms with Crippen LogP contribution in [0.25, 0.3) is 0 Å². The molecule has 6 heteroatoms. The number of anilines is 1. The highest BCUT2D eigenvalue weighted by Crippen LogP contribution is 2.19. The Hall–Kier alpha value is -1.11. The minimum absolute atomic E-state index is 0.0610. The molecule has 0 heterocycles. The van der Waals surface area contributed by atoms with Crippen LogP contribution in [0.3, 0.4) is 0 Å². The number of aryl methyl sites for hydroxylation is 1. The minimum Gasteiger partial charge on any atom is -0.385 e. The zero-order chi connectivity index (χ0) is 18.6. The first-order chi connectivity index (χ1) is 11.3. The molecule has 2 N–H and O–H groups in total. The predicted molar refractivity (Wildman–Crippen MR) is 102 cm³/mol. The molecule has 1 aromatic carbocycles. The highest BCUT2D eigenvalue weighted by Gasteiger charge is 2.10. The van der Waals surface area contributed by atoms with Gasteiger partial charge in [-0.05, 0) is 56.7 Å². The number of nitrogens with one attached hydrogen (secondary N) is 1. The zero-order valence-electron chi connectivity index (χ0n) is 15.8. The van der Waals surface area contributed by atoms with Crippen molar-refractivity contribution in [2.45, 2.75) is 58.8 Å². The average molecular weight is 359 g/mol. The van der Waals surface area contributed by atoms with Crippen molar-refractivity contribution in [2.75, 3.05) is 31.5 Å². The topological polar surface area (TPSA) is 69.6 Å². The summed E-state index contributed by atoms with van der Waals surface area (Å²) in [6.07, 6.45) is 3.44. The van der Waals surface area contributed by atoms with Gasteiger partial charge in [-0.3, -0.25) is 4.55 Å². The quantitative estimate of drug-likeness (QED) is 0.511. The molecular weight excluding hydrogens is 324 g/mol. The second-order valence-electron chi connectivity index (χ2n) is 5.71. The Morgan fingerprint density at radius 3 is 2.00 bits per heavy atom. The molecule has 1 aromatic rings. The fourth-order valence-corrected chi connectivity index (χ4v) is 2.83. The highest BCUT2D eigenvalue weighted by molar-refractivity contribution is 7.85. The third-order valence-corrected chi connectivity index (χ3v) is 4.78. The first kappa shape index (κ1) is 22.9. The molecule has 1 rings (SSSR count). The summed E-state index contributed by atoms with van der Waals surface area (Å²) in [7, 11) is -4.10. The van der Waals surface area contributed by atoms with E-state index in [0.29, 0.717) is 0 Å². The van der Waals surface area contributed by atoms with E-state index in [1.165, 1.54) is 44.6 Å². The second-order valence-corrected chi connectivity index (χ2v) is 7.13. The van der Waals surface area contributed by atoms with Gasteiger partial charge in [-0.15, -0.1) is 0 Å². The minimum atomic E-state index is -4.10. The predicted octanol–water partition coefficient (Wildman–Crippen LogP) is 4.19. The van der Waals surface area contributed by atoms with Crippen LogP contribution in [0.2, 0.25) is 0 Å². The lowest BCUT2D eigenvalue weighted by atomic mass is 10.2. The molecular formula is C18H34N2O3S. The number of benzene rings is 1. The number of hydrogen-bond donors (Lipinski definition) is 2. The molecule has 0 saturated heterocycles. The smallest absolute Gasteiger partial charge is 0.294 e. The Morgan fingerprint density at radius 2 is 1.62 bits per heavy atom. The van der Waals surface area contributed by atoms with Gasteiger partial charge in [0.2, 0.25) is 0 Å². The Morgan fingerprint density at radius 1 is 1.04 bits per heavy atom. The molecule has 24 heavy (non-hydrogen) atoms. The normalized spacial score (nSPS) is 11.1. The van der Waals surface area contributed by atoms with Gasteiger partial charge in [0.1, 0.15) is 0 Å². The maximum Gasteiger partial charge on any atom is 0.294 e. The molecule has 0 fully saturated rings. The molecule has 0 aromatic heterocycles. The van der Waals surface area contributed by atoms with Gasteiger partial charge >= 0.3 is 0 Å². The van der Waals surface area contributed by atoms with Crippen LogP contribution in [-0.4, -0.2) is 44.0 Å². The van der Waals surface area contributed by atoms with Crippen LogP contribution in [0.15, 0.2) is 23.1 Å². The second kappa shape index (κ2) is 12.3. The van der Waals surface area contributed by atoms with Crippen molar-refractivity contribution in [1.29, 1.82) is 0 Å². The molecule has 0 unspecified atom stereocenters. The maximum atomic E-state index is 10.9. The lowest BCUT2D eigenvalue weighted by Gasteiger charge is -2.13. The van der Waals surface area contributed by atoms with Gasteiger partial charge < -0.3 is 10.2 Å². The van der Waals surface area contributed by atoms with Gasteiger partial charge in [0.05, 0.1) is 4.90 Å². The molecule has 0 aliphatic rings. The Bertz CT molecular complexity index is 550. The largest absolute Gasteiger partial charge is 0.385 e. The summed E-state index contributed by atoms with van der Waals surface area (Å²) >= 11 is 0. The molecule has 140 valence electrons. The van der Waals surface area contributed by atoms with Crippen molar-refractivity contribution >= 4 is 15.8 Å². The zero-order valence-corrected chi connectivity index (χ0v) is 16.6. The monoisotopic (exact) mass is 358 g/mol. The van der Waals surface area contributed by atoms with E-state index in [0.717, 1.165) is 24.2 Å². The van der Waals surface area contributed by atoms with Crippen molar-refractivity contribution in [2.24, 2.45) is 0 Å². The number of unbranched alkanes of at least 4 members (excludes halogenated alkanes) is 2. The van der Waals surface area contributed by atoms with E-state index in [2.05, 4.69) is 37.9 Å². The summed E-state index contributed by atoms with van der Waals surface area (Å²) in [6.45, 7) is 15.0. The van der Waals surface area contributed by atoms with Gasteiger partial charge in [0, 0.05) is 12.2 Å². The molecule has 0 spiro atoms. The fraction of sp³-hybridized carbons (Fsp3) is 0.667. The maximum absolute atomic E-state index is 10.9. The van der Waals surface area contributed by atoms with E-state index in [9.17, 15) is 8.42 Å². The van der Waals surface area contributed by atoms with Gasteiger partial charge in [-0.1, -0.05) is 40.5 Å². The first-order valence-electron chi connectivity index (χ1n) is 8.84. The molecule has 5 nitrogen and oxygen atoms in total. The Kier molecular flexibility index (Phi) is 11.7. The summed E-state index contributed by atoms with van der Waals surface area (Å²) in [5.41, 5.74) is 1.73. The Labute approximate surface area is 148 Å². The lowest BCUT2D eigenvalue weighted by Crippen LogP contribution is -2.21. The standard InChI is InChI=1S/C12H19NO3S.C6H15N/c1-3-4-5-8-13-12-7-6-11(9-10(12)2)17(14,15)16;1-4-7(5-2)6-3/h6-7,9,13H,3-5,8H2,1-2H3,(H,14,15,16);4-6H2,1-3H3. The van der Waals surface area contributed by atoms with E-state index in [1.807, 2.05) is 6.92 Å². The third-order valence-electron chi connectivity index (χ3n) is 3.93. The summed E-state index contributed by atoms with van der Waals surface area (Å²) in [4.78, 5) is 2.31. The fourth-order valence-electron chi connectivity index (χ4n) is 2.26. The average Bonchev–Trinajstić information content (AvgIpc) is 2.54. The van der Waals surface area contributed by atoms with Crippen molar-refractivity contribution < 1.29 is 13.0 Å². The van der Waals surface area contributed by atoms with Crippen molar-refractivity contribution in [3.8, 4) is 0 Å². The summed E-state index contributed by atoms with van der Waals surface area (Å²) in [6, 6.07) is 4.56. The molecule has 0 amide bonds. The Balaban J connectivity index is 0.000000640. The summed E-state index contributed by atoms with van der Waals surface area (Å²) < 4.78 is 30.8. The van der Waals surface area contributed by atoms with Crippen molar-refractivity contribution in [1.82, 2.24) is 4.90 Å².